The summed E-state index contributed by atoms with van der Waals surface area (Å²) in [4.78, 5) is 4.71. The SMILES string of the molecule is Cc1cccc(OCC(O)Cn2c(C(C)C)nc3ccccc32)c1.Cl. The standard InChI is InChI=1S/C20H24N2O2.ClH/c1-14(2)20-21-18-9-4-5-10-19(18)22(20)12-16(23)13-24-17-8-6-7-15(3)11-17;/h4-11,14,16,23H,12-13H2,1-3H3;1H. The first-order chi connectivity index (χ1) is 11.5. The van der Waals surface area contributed by atoms with Gasteiger partial charge in [-0.1, -0.05) is 38.1 Å². The van der Waals surface area contributed by atoms with Crippen LogP contribution in [0.5, 0.6) is 5.75 Å². The molecule has 0 aliphatic rings. The predicted molar refractivity (Wildman–Crippen MR) is 104 cm³/mol. The zero-order chi connectivity index (χ0) is 17.1. The van der Waals surface area contributed by atoms with Crippen molar-refractivity contribution in [2.75, 3.05) is 6.61 Å². The number of rotatable bonds is 6. The molecule has 5 heteroatoms. The quantitative estimate of drug-likeness (QED) is 0.711. The summed E-state index contributed by atoms with van der Waals surface area (Å²) in [5.74, 6) is 2.07. The van der Waals surface area contributed by atoms with Crippen LogP contribution in [0.3, 0.4) is 0 Å². The van der Waals surface area contributed by atoms with E-state index in [1.54, 1.807) is 0 Å². The Balaban J connectivity index is 0.00000225. The van der Waals surface area contributed by atoms with E-state index in [-0.39, 0.29) is 19.0 Å². The number of imidazole rings is 1. The fourth-order valence-corrected chi connectivity index (χ4v) is 2.89. The summed E-state index contributed by atoms with van der Waals surface area (Å²) in [5.41, 5.74) is 3.16. The number of ether oxygens (including phenoxy) is 1. The van der Waals surface area contributed by atoms with Crippen molar-refractivity contribution in [3.8, 4) is 5.75 Å². The predicted octanol–water partition coefficient (Wildman–Crippen LogP) is 4.33. The minimum atomic E-state index is -0.597. The highest BCUT2D eigenvalue weighted by molar-refractivity contribution is 5.85. The summed E-state index contributed by atoms with van der Waals surface area (Å²) in [6.45, 7) is 6.99. The molecule has 3 rings (SSSR count). The Bertz CT molecular complexity index is 829. The monoisotopic (exact) mass is 360 g/mol. The van der Waals surface area contributed by atoms with Crippen LogP contribution in [0.15, 0.2) is 48.5 Å². The number of para-hydroxylation sites is 2. The van der Waals surface area contributed by atoms with Crippen LogP contribution in [0.2, 0.25) is 0 Å². The number of aliphatic hydroxyl groups is 1. The second kappa shape index (κ2) is 8.37. The Hall–Kier alpha value is -2.04. The number of aryl methyl sites for hydroxylation is 1. The molecule has 0 spiro atoms. The van der Waals surface area contributed by atoms with Crippen LogP contribution in [-0.2, 0) is 6.54 Å². The summed E-state index contributed by atoms with van der Waals surface area (Å²) in [6.07, 6.45) is -0.597. The van der Waals surface area contributed by atoms with Crippen molar-refractivity contribution < 1.29 is 9.84 Å². The van der Waals surface area contributed by atoms with Crippen molar-refractivity contribution in [2.45, 2.75) is 39.3 Å². The number of nitrogens with zero attached hydrogens (tertiary/aromatic N) is 2. The fourth-order valence-electron chi connectivity index (χ4n) is 2.89. The third-order valence-electron chi connectivity index (χ3n) is 4.03. The summed E-state index contributed by atoms with van der Waals surface area (Å²) < 4.78 is 7.83. The fraction of sp³-hybridized carbons (Fsp3) is 0.350. The second-order valence-corrected chi connectivity index (χ2v) is 6.51. The molecule has 1 atom stereocenters. The number of hydrogen-bond donors (Lipinski definition) is 1. The van der Waals surface area contributed by atoms with Gasteiger partial charge in [-0.2, -0.15) is 0 Å². The van der Waals surface area contributed by atoms with Gasteiger partial charge in [0.05, 0.1) is 17.6 Å². The molecule has 2 aromatic carbocycles. The van der Waals surface area contributed by atoms with Gasteiger partial charge in [-0.15, -0.1) is 12.4 Å². The molecule has 0 saturated heterocycles. The molecule has 0 saturated carbocycles. The maximum Gasteiger partial charge on any atom is 0.119 e. The maximum absolute atomic E-state index is 10.4. The molecule has 1 unspecified atom stereocenters. The normalized spacial score (nSPS) is 12.2. The maximum atomic E-state index is 10.4. The van der Waals surface area contributed by atoms with Gasteiger partial charge in [0.1, 0.15) is 24.3 Å². The lowest BCUT2D eigenvalue weighted by atomic mass is 10.2. The molecule has 3 aromatic rings. The van der Waals surface area contributed by atoms with Gasteiger partial charge < -0.3 is 14.4 Å². The van der Waals surface area contributed by atoms with Gasteiger partial charge in [0.15, 0.2) is 0 Å². The van der Waals surface area contributed by atoms with E-state index in [9.17, 15) is 5.11 Å². The topological polar surface area (TPSA) is 47.3 Å². The van der Waals surface area contributed by atoms with Crippen LogP contribution in [-0.4, -0.2) is 27.4 Å². The molecule has 25 heavy (non-hydrogen) atoms. The van der Waals surface area contributed by atoms with Crippen LogP contribution in [0.25, 0.3) is 11.0 Å². The third-order valence-corrected chi connectivity index (χ3v) is 4.03. The third kappa shape index (κ3) is 4.53. The van der Waals surface area contributed by atoms with Gasteiger partial charge in [0.2, 0.25) is 0 Å². The Kier molecular flexibility index (Phi) is 6.45. The summed E-state index contributed by atoms with van der Waals surface area (Å²) >= 11 is 0. The summed E-state index contributed by atoms with van der Waals surface area (Å²) in [6, 6.07) is 15.9. The molecule has 0 fully saturated rings. The van der Waals surface area contributed by atoms with E-state index in [4.69, 9.17) is 9.72 Å². The minimum absolute atomic E-state index is 0. The summed E-state index contributed by atoms with van der Waals surface area (Å²) in [5, 5.41) is 10.4. The van der Waals surface area contributed by atoms with Crippen LogP contribution < -0.4 is 4.74 Å². The number of benzene rings is 2. The van der Waals surface area contributed by atoms with Crippen LogP contribution in [0.1, 0.15) is 31.2 Å². The number of aliphatic hydroxyl groups excluding tert-OH is 1. The van der Waals surface area contributed by atoms with Crippen LogP contribution in [0.4, 0.5) is 0 Å². The van der Waals surface area contributed by atoms with Crippen molar-refractivity contribution in [1.82, 2.24) is 9.55 Å². The molecule has 1 heterocycles. The molecular weight excluding hydrogens is 336 g/mol. The number of aromatic nitrogens is 2. The van der Waals surface area contributed by atoms with Gasteiger partial charge in [-0.05, 0) is 36.8 Å². The highest BCUT2D eigenvalue weighted by Gasteiger charge is 2.16. The lowest BCUT2D eigenvalue weighted by molar-refractivity contribution is 0.0925. The smallest absolute Gasteiger partial charge is 0.119 e. The first-order valence-corrected chi connectivity index (χ1v) is 8.37. The highest BCUT2D eigenvalue weighted by Crippen LogP contribution is 2.22. The van der Waals surface area contributed by atoms with Crippen LogP contribution >= 0.6 is 12.4 Å². The highest BCUT2D eigenvalue weighted by atomic mass is 35.5. The Morgan fingerprint density at radius 3 is 2.60 bits per heavy atom. The van der Waals surface area contributed by atoms with Gasteiger partial charge in [0.25, 0.3) is 0 Å². The van der Waals surface area contributed by atoms with Gasteiger partial charge in [-0.25, -0.2) is 4.98 Å². The summed E-state index contributed by atoms with van der Waals surface area (Å²) in [7, 11) is 0. The molecule has 0 amide bonds. The average Bonchev–Trinajstić information content (AvgIpc) is 2.92. The van der Waals surface area contributed by atoms with Crippen molar-refractivity contribution >= 4 is 23.4 Å². The van der Waals surface area contributed by atoms with Crippen molar-refractivity contribution in [3.05, 3.63) is 59.9 Å². The molecule has 1 aromatic heterocycles. The molecule has 134 valence electrons. The first-order valence-electron chi connectivity index (χ1n) is 8.37. The van der Waals surface area contributed by atoms with Crippen LogP contribution in [0, 0.1) is 6.92 Å². The molecule has 0 aliphatic heterocycles. The van der Waals surface area contributed by atoms with E-state index in [1.165, 1.54) is 0 Å². The van der Waals surface area contributed by atoms with E-state index in [0.29, 0.717) is 12.5 Å². The molecule has 0 aliphatic carbocycles. The lowest BCUT2D eigenvalue weighted by Gasteiger charge is -2.17. The van der Waals surface area contributed by atoms with E-state index in [2.05, 4.69) is 18.4 Å². The zero-order valence-corrected chi connectivity index (χ0v) is 15.7. The van der Waals surface area contributed by atoms with E-state index in [0.717, 1.165) is 28.2 Å². The Morgan fingerprint density at radius 1 is 1.12 bits per heavy atom. The minimum Gasteiger partial charge on any atom is -0.491 e. The second-order valence-electron chi connectivity index (χ2n) is 6.51. The number of halogens is 1. The van der Waals surface area contributed by atoms with Crippen molar-refractivity contribution in [2.24, 2.45) is 0 Å². The average molecular weight is 361 g/mol. The molecule has 0 bridgehead atoms. The molecular formula is C20H25ClN2O2. The molecule has 1 N–H and O–H groups in total. The Morgan fingerprint density at radius 2 is 1.88 bits per heavy atom. The van der Waals surface area contributed by atoms with E-state index >= 15 is 0 Å². The van der Waals surface area contributed by atoms with Crippen molar-refractivity contribution in [3.63, 3.8) is 0 Å². The van der Waals surface area contributed by atoms with E-state index in [1.807, 2.05) is 55.5 Å². The van der Waals surface area contributed by atoms with Gasteiger partial charge in [-0.3, -0.25) is 0 Å². The van der Waals surface area contributed by atoms with E-state index < -0.39 is 6.10 Å². The van der Waals surface area contributed by atoms with Gasteiger partial charge >= 0.3 is 0 Å². The first kappa shape index (κ1) is 19.3. The van der Waals surface area contributed by atoms with Crippen molar-refractivity contribution in [1.29, 1.82) is 0 Å². The number of hydrogen-bond acceptors (Lipinski definition) is 3. The molecule has 4 nitrogen and oxygen atoms in total. The zero-order valence-electron chi connectivity index (χ0n) is 14.8. The lowest BCUT2D eigenvalue weighted by Crippen LogP contribution is -2.24. The molecule has 0 radical (unpaired) electrons. The number of fused-ring (bicyclic) bond motifs is 1. The van der Waals surface area contributed by atoms with Gasteiger partial charge in [0, 0.05) is 5.92 Å². The largest absolute Gasteiger partial charge is 0.491 e. The Labute approximate surface area is 154 Å².